The molecule has 2 N–H and O–H groups in total. The average molecular weight is 528 g/mol. The molecule has 0 aliphatic carbocycles. The van der Waals surface area contributed by atoms with E-state index in [1.165, 1.54) is 12.1 Å². The highest BCUT2D eigenvalue weighted by Gasteiger charge is 2.41. The summed E-state index contributed by atoms with van der Waals surface area (Å²) in [7, 11) is 0. The molecule has 0 unspecified atom stereocenters. The third-order valence-corrected chi connectivity index (χ3v) is 7.40. The van der Waals surface area contributed by atoms with Crippen molar-refractivity contribution < 1.29 is 9.18 Å². The maximum Gasteiger partial charge on any atom is 0.226 e. The number of hydrogen-bond donors (Lipinski definition) is 2. The summed E-state index contributed by atoms with van der Waals surface area (Å²) < 4.78 is 16.1. The average Bonchev–Trinajstić information content (AvgIpc) is 3.39. The summed E-state index contributed by atoms with van der Waals surface area (Å²) in [5, 5.41) is 7.04. The summed E-state index contributed by atoms with van der Waals surface area (Å²) in [6, 6.07) is 21.9. The number of nitrogens with one attached hydrogen (secondary N) is 2. The van der Waals surface area contributed by atoms with E-state index in [2.05, 4.69) is 31.2 Å². The van der Waals surface area contributed by atoms with Crippen molar-refractivity contribution in [3.8, 4) is 5.69 Å². The molecule has 38 heavy (non-hydrogen) atoms. The van der Waals surface area contributed by atoms with E-state index in [0.29, 0.717) is 11.7 Å². The minimum absolute atomic E-state index is 0.0765. The maximum atomic E-state index is 14.1. The van der Waals surface area contributed by atoms with Gasteiger partial charge in [0, 0.05) is 41.9 Å². The van der Waals surface area contributed by atoms with Crippen LogP contribution in [0, 0.1) is 26.6 Å². The Hall–Kier alpha value is -4.04. The van der Waals surface area contributed by atoms with Gasteiger partial charge in [-0.2, -0.15) is 0 Å². The van der Waals surface area contributed by atoms with Crippen LogP contribution in [0.4, 0.5) is 10.1 Å². The Morgan fingerprint density at radius 2 is 1.84 bits per heavy atom. The first-order valence-corrected chi connectivity index (χ1v) is 13.0. The molecule has 1 saturated heterocycles. The summed E-state index contributed by atoms with van der Waals surface area (Å²) in [6.45, 7) is 6.45. The Morgan fingerprint density at radius 3 is 2.58 bits per heavy atom. The van der Waals surface area contributed by atoms with Gasteiger partial charge in [-0.1, -0.05) is 30.3 Å². The minimum atomic E-state index is -0.284. The van der Waals surface area contributed by atoms with Crippen LogP contribution in [0.5, 0.6) is 0 Å². The molecule has 0 radical (unpaired) electrons. The van der Waals surface area contributed by atoms with Crippen molar-refractivity contribution in [3.63, 3.8) is 0 Å². The second kappa shape index (κ2) is 10.8. The minimum Gasteiger partial charge on any atom is -0.352 e. The van der Waals surface area contributed by atoms with E-state index in [0.717, 1.165) is 39.6 Å². The van der Waals surface area contributed by atoms with E-state index < -0.39 is 0 Å². The van der Waals surface area contributed by atoms with Gasteiger partial charge in [0.05, 0.1) is 17.8 Å². The van der Waals surface area contributed by atoms with Crippen LogP contribution in [-0.2, 0) is 4.79 Å². The molecule has 8 heteroatoms. The van der Waals surface area contributed by atoms with E-state index in [9.17, 15) is 9.18 Å². The molecular formula is C30H30FN5OS. The number of para-hydroxylation sites is 1. The third-order valence-electron chi connectivity index (χ3n) is 7.05. The number of pyridine rings is 1. The van der Waals surface area contributed by atoms with E-state index in [4.69, 9.17) is 12.2 Å². The quantitative estimate of drug-likeness (QED) is 0.292. The van der Waals surface area contributed by atoms with Gasteiger partial charge in [-0.25, -0.2) is 4.39 Å². The summed E-state index contributed by atoms with van der Waals surface area (Å²) in [4.78, 5) is 19.6. The molecular weight excluding hydrogens is 497 g/mol. The van der Waals surface area contributed by atoms with E-state index in [-0.39, 0.29) is 30.2 Å². The van der Waals surface area contributed by atoms with Crippen LogP contribution < -0.4 is 10.6 Å². The smallest absolute Gasteiger partial charge is 0.226 e. The van der Waals surface area contributed by atoms with Crippen LogP contribution in [0.25, 0.3) is 5.69 Å². The molecule has 2 aromatic carbocycles. The van der Waals surface area contributed by atoms with Gasteiger partial charge in [0.15, 0.2) is 5.11 Å². The zero-order valence-corrected chi connectivity index (χ0v) is 22.4. The Balaban J connectivity index is 1.48. The second-order valence-electron chi connectivity index (χ2n) is 9.57. The second-order valence-corrected chi connectivity index (χ2v) is 9.96. The fourth-order valence-electron chi connectivity index (χ4n) is 5.23. The van der Waals surface area contributed by atoms with Crippen molar-refractivity contribution in [1.82, 2.24) is 19.8 Å². The van der Waals surface area contributed by atoms with Crippen LogP contribution in [0.3, 0.4) is 0 Å². The van der Waals surface area contributed by atoms with Crippen molar-refractivity contribution >= 4 is 28.9 Å². The molecule has 0 bridgehead atoms. The molecule has 1 aliphatic rings. The zero-order chi connectivity index (χ0) is 26.8. The number of nitrogens with zero attached hydrogens (tertiary/aromatic N) is 3. The lowest BCUT2D eigenvalue weighted by Crippen LogP contribution is -2.33. The van der Waals surface area contributed by atoms with Crippen LogP contribution >= 0.6 is 12.2 Å². The number of halogens is 1. The van der Waals surface area contributed by atoms with Crippen LogP contribution in [0.15, 0.2) is 79.0 Å². The van der Waals surface area contributed by atoms with Crippen molar-refractivity contribution in [2.45, 2.75) is 39.3 Å². The number of hydrogen-bond acceptors (Lipinski definition) is 3. The third kappa shape index (κ3) is 5.04. The fraction of sp³-hybridized carbons (Fsp3) is 0.233. The molecule has 5 rings (SSSR count). The largest absolute Gasteiger partial charge is 0.352 e. The number of carbonyl (C=O) groups is 1. The van der Waals surface area contributed by atoms with Gasteiger partial charge in [-0.05, 0) is 86.6 Å². The number of anilines is 1. The number of amides is 1. The lowest BCUT2D eigenvalue weighted by Gasteiger charge is -2.28. The fourth-order valence-corrected chi connectivity index (χ4v) is 5.56. The lowest BCUT2D eigenvalue weighted by atomic mass is 9.96. The molecule has 0 spiro atoms. The van der Waals surface area contributed by atoms with E-state index in [1.807, 2.05) is 69.3 Å². The monoisotopic (exact) mass is 527 g/mol. The first-order chi connectivity index (χ1) is 18.3. The lowest BCUT2D eigenvalue weighted by molar-refractivity contribution is -0.116. The van der Waals surface area contributed by atoms with Gasteiger partial charge < -0.3 is 20.1 Å². The normalized spacial score (nSPS) is 16.9. The number of benzene rings is 2. The molecule has 1 fully saturated rings. The number of aryl methyl sites for hydroxylation is 2. The number of carbonyl (C=O) groups excluding carboxylic acids is 1. The van der Waals surface area contributed by atoms with Crippen molar-refractivity contribution in [3.05, 3.63) is 113 Å². The summed E-state index contributed by atoms with van der Waals surface area (Å²) in [6.07, 6.45) is 2.04. The van der Waals surface area contributed by atoms with Gasteiger partial charge >= 0.3 is 0 Å². The first-order valence-electron chi connectivity index (χ1n) is 12.6. The Bertz CT molecular complexity index is 1490. The SMILES string of the molecule is Cc1ccccc1NC(=O)CCN1C(=S)N[C@H](c2ccccn2)[C@@H]1c1cc(C)n(-c2cccc(F)c2)c1C. The van der Waals surface area contributed by atoms with Crippen molar-refractivity contribution in [2.24, 2.45) is 0 Å². The summed E-state index contributed by atoms with van der Waals surface area (Å²) in [5.41, 5.74) is 6.46. The van der Waals surface area contributed by atoms with Gasteiger partial charge in [0.25, 0.3) is 0 Å². The Labute approximate surface area is 227 Å². The predicted octanol–water partition coefficient (Wildman–Crippen LogP) is 5.94. The molecule has 2 aromatic heterocycles. The van der Waals surface area contributed by atoms with Gasteiger partial charge in [0.2, 0.25) is 5.91 Å². The van der Waals surface area contributed by atoms with Crippen LogP contribution in [-0.4, -0.2) is 32.0 Å². The molecule has 194 valence electrons. The van der Waals surface area contributed by atoms with Crippen LogP contribution in [0.1, 0.15) is 46.7 Å². The molecule has 1 amide bonds. The number of aromatic nitrogens is 2. The van der Waals surface area contributed by atoms with Gasteiger partial charge in [-0.15, -0.1) is 0 Å². The summed E-state index contributed by atoms with van der Waals surface area (Å²) >= 11 is 5.79. The molecule has 4 aromatic rings. The van der Waals surface area contributed by atoms with E-state index >= 15 is 0 Å². The highest BCUT2D eigenvalue weighted by Crippen LogP contribution is 2.41. The predicted molar refractivity (Wildman–Crippen MR) is 152 cm³/mol. The Kier molecular flexibility index (Phi) is 7.24. The first kappa shape index (κ1) is 25.6. The molecule has 6 nitrogen and oxygen atoms in total. The van der Waals surface area contributed by atoms with Crippen molar-refractivity contribution in [2.75, 3.05) is 11.9 Å². The Morgan fingerprint density at radius 1 is 1.05 bits per heavy atom. The molecule has 1 aliphatic heterocycles. The van der Waals surface area contributed by atoms with E-state index in [1.54, 1.807) is 12.3 Å². The molecule has 2 atom stereocenters. The highest BCUT2D eigenvalue weighted by atomic mass is 32.1. The maximum absolute atomic E-state index is 14.1. The summed E-state index contributed by atoms with van der Waals surface area (Å²) in [5.74, 6) is -0.361. The highest BCUT2D eigenvalue weighted by molar-refractivity contribution is 7.80. The van der Waals surface area contributed by atoms with Gasteiger partial charge in [-0.3, -0.25) is 9.78 Å². The topological polar surface area (TPSA) is 62.2 Å². The van der Waals surface area contributed by atoms with Crippen molar-refractivity contribution in [1.29, 1.82) is 0 Å². The number of thiocarbonyl (C=S) groups is 1. The number of rotatable bonds is 7. The van der Waals surface area contributed by atoms with Crippen LogP contribution in [0.2, 0.25) is 0 Å². The molecule has 3 heterocycles. The van der Waals surface area contributed by atoms with Gasteiger partial charge in [0.1, 0.15) is 5.82 Å². The molecule has 0 saturated carbocycles. The zero-order valence-electron chi connectivity index (χ0n) is 21.6. The standard InChI is InChI=1S/C30H30FN5OS/c1-19-9-4-5-12-25(19)33-27(37)14-16-35-29(28(34-30(35)38)26-13-6-7-15-32-26)24-17-20(2)36(21(24)3)23-11-8-10-22(31)18-23/h4-13,15,17-18,28-29H,14,16H2,1-3H3,(H,33,37)(H,34,38)/t28-,29+/m1/s1.